The minimum Gasteiger partial charge on any atom is -1.00 e. The maximum Gasteiger partial charge on any atom is 0.112 e. The summed E-state index contributed by atoms with van der Waals surface area (Å²) < 4.78 is 0. The van der Waals surface area contributed by atoms with Crippen LogP contribution in [-0.4, -0.2) is 6.54 Å². The molecule has 15 heavy (non-hydrogen) atoms. The monoisotopic (exact) mass is 213 g/mol. The van der Waals surface area contributed by atoms with Crippen LogP contribution in [0.15, 0.2) is 24.0 Å². The molecule has 88 valence electrons. The fraction of sp³-hybridized carbons (Fsp3) is 0.692. The van der Waals surface area contributed by atoms with Crippen molar-refractivity contribution in [2.45, 2.75) is 52.4 Å². The first-order valence-corrected chi connectivity index (χ1v) is 6.12. The van der Waals surface area contributed by atoms with Crippen LogP contribution in [0.25, 0.3) is 0 Å². The van der Waals surface area contributed by atoms with Gasteiger partial charge in [-0.2, -0.15) is 0 Å². The van der Waals surface area contributed by atoms with Crippen molar-refractivity contribution in [1.82, 2.24) is 0 Å². The Morgan fingerprint density at radius 1 is 1.07 bits per heavy atom. The molecular weight excluding hydrogens is 189 g/mol. The molecule has 0 saturated heterocycles. The first kappa shape index (κ1) is 14.4. The number of unbranched alkanes of at least 4 members (excludes halogenated alkanes) is 3. The summed E-state index contributed by atoms with van der Waals surface area (Å²) in [6.45, 7) is 5.82. The summed E-state index contributed by atoms with van der Waals surface area (Å²) in [5.41, 5.74) is 1.59. The molecule has 0 aromatic carbocycles. The highest BCUT2D eigenvalue weighted by atomic mass is 19.0. The highest BCUT2D eigenvalue weighted by Crippen LogP contribution is 2.02. The van der Waals surface area contributed by atoms with E-state index in [0.717, 1.165) is 0 Å². The second-order valence-electron chi connectivity index (χ2n) is 4.14. The van der Waals surface area contributed by atoms with Crippen LogP contribution >= 0.6 is 0 Å². The lowest BCUT2D eigenvalue weighted by atomic mass is 10.2. The molecule has 1 unspecified atom stereocenters. The van der Waals surface area contributed by atoms with Gasteiger partial charge in [0.2, 0.25) is 0 Å². The maximum absolute atomic E-state index is 2.30. The summed E-state index contributed by atoms with van der Waals surface area (Å²) >= 11 is 0. The summed E-state index contributed by atoms with van der Waals surface area (Å²) in [7, 11) is 0. The Balaban J connectivity index is 0.00000196. The molecule has 0 aromatic heterocycles. The van der Waals surface area contributed by atoms with Crippen molar-refractivity contribution < 1.29 is 9.60 Å². The number of hydrogen-bond acceptors (Lipinski definition) is 0. The minimum atomic E-state index is 0. The van der Waals surface area contributed by atoms with Crippen molar-refractivity contribution in [1.29, 1.82) is 0 Å². The highest BCUT2D eigenvalue weighted by molar-refractivity contribution is 5.10. The van der Waals surface area contributed by atoms with Gasteiger partial charge in [0.05, 0.1) is 12.7 Å². The molecule has 1 nitrogen and oxygen atoms in total. The van der Waals surface area contributed by atoms with E-state index < -0.39 is 0 Å². The molecule has 0 fully saturated rings. The molecule has 1 heterocycles. The predicted octanol–water partition coefficient (Wildman–Crippen LogP) is -0.333. The largest absolute Gasteiger partial charge is 1.00 e. The van der Waals surface area contributed by atoms with Crippen molar-refractivity contribution in [2.24, 2.45) is 0 Å². The predicted molar refractivity (Wildman–Crippen MR) is 62.1 cm³/mol. The van der Waals surface area contributed by atoms with Gasteiger partial charge in [0.1, 0.15) is 5.70 Å². The van der Waals surface area contributed by atoms with Crippen LogP contribution in [0.4, 0.5) is 0 Å². The SMILES string of the molecule is CCCCCC[NH+]1C=CC=C1CCC.[F-]. The zero-order valence-electron chi connectivity index (χ0n) is 10.1. The molecule has 1 atom stereocenters. The van der Waals surface area contributed by atoms with E-state index in [1.807, 2.05) is 0 Å². The van der Waals surface area contributed by atoms with Gasteiger partial charge >= 0.3 is 0 Å². The van der Waals surface area contributed by atoms with E-state index in [1.54, 1.807) is 10.6 Å². The zero-order valence-corrected chi connectivity index (χ0v) is 10.1. The van der Waals surface area contributed by atoms with Crippen molar-refractivity contribution in [3.8, 4) is 0 Å². The van der Waals surface area contributed by atoms with Gasteiger partial charge in [-0.05, 0) is 25.3 Å². The van der Waals surface area contributed by atoms with Gasteiger partial charge in [0, 0.05) is 12.5 Å². The summed E-state index contributed by atoms with van der Waals surface area (Å²) in [6.07, 6.45) is 14.8. The van der Waals surface area contributed by atoms with Crippen LogP contribution in [0.2, 0.25) is 0 Å². The molecule has 0 amide bonds. The number of rotatable bonds is 7. The third-order valence-electron chi connectivity index (χ3n) is 2.83. The van der Waals surface area contributed by atoms with Crippen LogP contribution < -0.4 is 9.60 Å². The van der Waals surface area contributed by atoms with E-state index in [-0.39, 0.29) is 4.70 Å². The molecule has 1 aliphatic heterocycles. The molecular formula is C13H24FN. The lowest BCUT2D eigenvalue weighted by Crippen LogP contribution is -3.04. The van der Waals surface area contributed by atoms with E-state index in [1.165, 1.54) is 45.1 Å². The summed E-state index contributed by atoms with van der Waals surface area (Å²) in [6, 6.07) is 0. The summed E-state index contributed by atoms with van der Waals surface area (Å²) in [4.78, 5) is 1.60. The number of allylic oxidation sites excluding steroid dienone is 3. The van der Waals surface area contributed by atoms with E-state index in [9.17, 15) is 0 Å². The topological polar surface area (TPSA) is 4.44 Å². The lowest BCUT2D eigenvalue weighted by molar-refractivity contribution is -0.804. The van der Waals surface area contributed by atoms with Crippen molar-refractivity contribution in [3.63, 3.8) is 0 Å². The van der Waals surface area contributed by atoms with Crippen LogP contribution in [-0.2, 0) is 0 Å². The van der Waals surface area contributed by atoms with Crippen molar-refractivity contribution in [2.75, 3.05) is 6.54 Å². The standard InChI is InChI=1S/C13H23N.FH/c1-3-5-6-7-11-14-12-8-10-13(14)9-4-2;/h8,10,12H,3-7,9,11H2,1-2H3;1H. The molecule has 1 aliphatic rings. The Morgan fingerprint density at radius 2 is 1.87 bits per heavy atom. The quantitative estimate of drug-likeness (QED) is 0.552. The number of nitrogens with one attached hydrogen (secondary N) is 1. The fourth-order valence-corrected chi connectivity index (χ4v) is 1.99. The van der Waals surface area contributed by atoms with E-state index >= 15 is 0 Å². The van der Waals surface area contributed by atoms with Gasteiger partial charge in [-0.15, -0.1) is 0 Å². The zero-order chi connectivity index (χ0) is 10.2. The number of quaternary nitrogens is 1. The van der Waals surface area contributed by atoms with Crippen molar-refractivity contribution >= 4 is 0 Å². The van der Waals surface area contributed by atoms with Crippen LogP contribution in [0.5, 0.6) is 0 Å². The van der Waals surface area contributed by atoms with Gasteiger partial charge < -0.3 is 4.70 Å². The molecule has 0 radical (unpaired) electrons. The number of hydrogen-bond donors (Lipinski definition) is 1. The molecule has 0 aromatic rings. The Kier molecular flexibility index (Phi) is 8.30. The van der Waals surface area contributed by atoms with Crippen LogP contribution in [0.3, 0.4) is 0 Å². The molecule has 2 heteroatoms. The minimum absolute atomic E-state index is 0. The second kappa shape index (κ2) is 8.66. The van der Waals surface area contributed by atoms with E-state index in [4.69, 9.17) is 0 Å². The molecule has 0 aliphatic carbocycles. The average Bonchev–Trinajstić information content (AvgIpc) is 2.61. The molecule has 0 saturated carbocycles. The Hall–Kier alpha value is -0.630. The van der Waals surface area contributed by atoms with Crippen LogP contribution in [0.1, 0.15) is 52.4 Å². The van der Waals surface area contributed by atoms with Gasteiger partial charge in [-0.1, -0.05) is 26.7 Å². The highest BCUT2D eigenvalue weighted by Gasteiger charge is 2.14. The Bertz CT molecular complexity index is 209. The average molecular weight is 213 g/mol. The van der Waals surface area contributed by atoms with E-state index in [2.05, 4.69) is 32.2 Å². The summed E-state index contributed by atoms with van der Waals surface area (Å²) in [5.74, 6) is 0. The van der Waals surface area contributed by atoms with E-state index in [0.29, 0.717) is 0 Å². The Labute approximate surface area is 93.2 Å². The lowest BCUT2D eigenvalue weighted by Gasteiger charge is -2.13. The normalized spacial score (nSPS) is 18.8. The molecule has 1 rings (SSSR count). The van der Waals surface area contributed by atoms with Gasteiger partial charge in [0.25, 0.3) is 0 Å². The molecule has 0 spiro atoms. The molecule has 0 bridgehead atoms. The summed E-state index contributed by atoms with van der Waals surface area (Å²) in [5, 5.41) is 0. The van der Waals surface area contributed by atoms with Gasteiger partial charge in [-0.25, -0.2) is 0 Å². The fourth-order valence-electron chi connectivity index (χ4n) is 1.99. The third-order valence-corrected chi connectivity index (χ3v) is 2.83. The first-order chi connectivity index (χ1) is 6.88. The van der Waals surface area contributed by atoms with Crippen LogP contribution in [0, 0.1) is 0 Å². The number of halogens is 1. The van der Waals surface area contributed by atoms with Gasteiger partial charge in [-0.3, -0.25) is 4.90 Å². The third kappa shape index (κ3) is 5.12. The van der Waals surface area contributed by atoms with Gasteiger partial charge in [0.15, 0.2) is 0 Å². The second-order valence-corrected chi connectivity index (χ2v) is 4.14. The smallest absolute Gasteiger partial charge is 0.112 e. The van der Waals surface area contributed by atoms with Crippen molar-refractivity contribution in [3.05, 3.63) is 24.0 Å². The Morgan fingerprint density at radius 3 is 2.53 bits per heavy atom. The molecule has 1 N–H and O–H groups in total. The maximum atomic E-state index is 2.30. The first-order valence-electron chi connectivity index (χ1n) is 6.12.